The highest BCUT2D eigenvalue weighted by molar-refractivity contribution is 6.22. The second kappa shape index (κ2) is 13.8. The number of aliphatic hydroxyl groups excluding tert-OH is 2. The minimum Gasteiger partial charge on any atom is -0.507 e. The number of rotatable bonds is 10. The quantitative estimate of drug-likeness (QED) is 0.136. The van der Waals surface area contributed by atoms with E-state index in [-0.39, 0.29) is 24.7 Å². The summed E-state index contributed by atoms with van der Waals surface area (Å²) in [6.07, 6.45) is -6.98. The number of aromatic hydroxyl groups is 1. The molecule has 1 heterocycles. The molecule has 1 saturated heterocycles. The molecule has 1 fully saturated rings. The van der Waals surface area contributed by atoms with Gasteiger partial charge in [-0.1, -0.05) is 37.5 Å². The number of nitrogens with zero attached hydrogens (tertiary/aromatic N) is 1. The molecule has 3 N–H and O–H groups in total. The summed E-state index contributed by atoms with van der Waals surface area (Å²) in [5.74, 6) is -5.20. The van der Waals surface area contributed by atoms with Gasteiger partial charge in [0.1, 0.15) is 5.75 Å². The van der Waals surface area contributed by atoms with Crippen LogP contribution in [-0.4, -0.2) is 39.8 Å². The van der Waals surface area contributed by atoms with Crippen LogP contribution in [0.2, 0.25) is 0 Å². The normalized spacial score (nSPS) is 21.5. The maximum atomic E-state index is 13.7. The molecule has 0 aromatic heterocycles. The Hall–Kier alpha value is -3.64. The highest BCUT2D eigenvalue weighted by Gasteiger charge is 2.55. The SMILES string of the molecule is CCC/C(=C\c1cc(C)c(O)c(C)c1)CC[C@@H](O)C1=C(CC)C[C@H]2C(=O)N(c3cc(C(F)(F)F)cc(C(F)(F)F)c3)C(=O)[C@H]2[C@H]1CO. The molecule has 0 bridgehead atoms. The van der Waals surface area contributed by atoms with Gasteiger partial charge in [-0.05, 0) is 98.5 Å². The summed E-state index contributed by atoms with van der Waals surface area (Å²) in [7, 11) is 0. The van der Waals surface area contributed by atoms with Crippen molar-refractivity contribution in [3.63, 3.8) is 0 Å². The monoisotopic (exact) mass is 667 g/mol. The predicted molar refractivity (Wildman–Crippen MR) is 164 cm³/mol. The topological polar surface area (TPSA) is 98.1 Å². The summed E-state index contributed by atoms with van der Waals surface area (Å²) in [5.41, 5.74) is 0.181. The van der Waals surface area contributed by atoms with E-state index in [0.717, 1.165) is 35.1 Å². The van der Waals surface area contributed by atoms with Crippen molar-refractivity contribution >= 4 is 23.6 Å². The number of alkyl halides is 6. The van der Waals surface area contributed by atoms with Gasteiger partial charge in [0.2, 0.25) is 11.8 Å². The number of phenols is 1. The summed E-state index contributed by atoms with van der Waals surface area (Å²) < 4.78 is 81.5. The Balaban J connectivity index is 1.66. The smallest absolute Gasteiger partial charge is 0.416 e. The number of aryl methyl sites for hydroxylation is 2. The van der Waals surface area contributed by atoms with E-state index in [1.165, 1.54) is 0 Å². The molecule has 6 nitrogen and oxygen atoms in total. The molecule has 4 rings (SSSR count). The zero-order valence-electron chi connectivity index (χ0n) is 26.6. The number of imide groups is 1. The van der Waals surface area contributed by atoms with E-state index in [9.17, 15) is 51.3 Å². The molecule has 12 heteroatoms. The number of hydrogen-bond acceptors (Lipinski definition) is 5. The molecule has 0 spiro atoms. The van der Waals surface area contributed by atoms with Crippen LogP contribution in [-0.2, 0) is 21.9 Å². The Morgan fingerprint density at radius 3 is 2.00 bits per heavy atom. The molecule has 0 unspecified atom stereocenters. The molecule has 256 valence electrons. The third kappa shape index (κ3) is 7.43. The molecular formula is C35H39F6NO5. The summed E-state index contributed by atoms with van der Waals surface area (Å²) in [5, 5.41) is 32.1. The largest absolute Gasteiger partial charge is 0.507 e. The van der Waals surface area contributed by atoms with Crippen LogP contribution in [0, 0.1) is 31.6 Å². The number of anilines is 1. The van der Waals surface area contributed by atoms with Crippen molar-refractivity contribution in [1.82, 2.24) is 0 Å². The number of fused-ring (bicyclic) bond motifs is 1. The Morgan fingerprint density at radius 1 is 0.936 bits per heavy atom. The minimum atomic E-state index is -5.18. The van der Waals surface area contributed by atoms with Crippen LogP contribution in [0.15, 0.2) is 47.1 Å². The van der Waals surface area contributed by atoms with Gasteiger partial charge in [0.05, 0.1) is 41.4 Å². The van der Waals surface area contributed by atoms with Crippen molar-refractivity contribution in [3.8, 4) is 5.75 Å². The van der Waals surface area contributed by atoms with Crippen LogP contribution in [0.25, 0.3) is 6.08 Å². The number of carbonyl (C=O) groups excluding carboxylic acids is 2. The van der Waals surface area contributed by atoms with Crippen molar-refractivity contribution in [2.45, 2.75) is 84.7 Å². The van der Waals surface area contributed by atoms with Gasteiger partial charge in [0.15, 0.2) is 0 Å². The Labute approximate surface area is 269 Å². The fourth-order valence-electron chi connectivity index (χ4n) is 7.00. The zero-order chi connectivity index (χ0) is 35.0. The molecule has 47 heavy (non-hydrogen) atoms. The first kappa shape index (κ1) is 36.2. The number of carbonyl (C=O) groups is 2. The van der Waals surface area contributed by atoms with Crippen LogP contribution in [0.5, 0.6) is 5.75 Å². The molecule has 1 aliphatic carbocycles. The third-order valence-corrected chi connectivity index (χ3v) is 9.19. The van der Waals surface area contributed by atoms with E-state index in [1.807, 2.05) is 25.1 Å². The van der Waals surface area contributed by atoms with E-state index >= 15 is 0 Å². The molecule has 4 atom stereocenters. The van der Waals surface area contributed by atoms with Crippen molar-refractivity contribution in [2.75, 3.05) is 11.5 Å². The summed E-state index contributed by atoms with van der Waals surface area (Å²) in [4.78, 5) is 27.7. The zero-order valence-corrected chi connectivity index (χ0v) is 26.6. The van der Waals surface area contributed by atoms with Gasteiger partial charge < -0.3 is 15.3 Å². The maximum absolute atomic E-state index is 13.7. The van der Waals surface area contributed by atoms with Crippen molar-refractivity contribution in [1.29, 1.82) is 0 Å². The summed E-state index contributed by atoms with van der Waals surface area (Å²) in [6, 6.07) is 4.32. The summed E-state index contributed by atoms with van der Waals surface area (Å²) >= 11 is 0. The fourth-order valence-corrected chi connectivity index (χ4v) is 7.00. The number of allylic oxidation sites excluding steroid dienone is 2. The maximum Gasteiger partial charge on any atom is 0.416 e. The Morgan fingerprint density at radius 2 is 1.51 bits per heavy atom. The van der Waals surface area contributed by atoms with Gasteiger partial charge in [-0.3, -0.25) is 9.59 Å². The molecular weight excluding hydrogens is 628 g/mol. The lowest BCUT2D eigenvalue weighted by atomic mass is 9.67. The third-order valence-electron chi connectivity index (χ3n) is 9.19. The number of amides is 2. The van der Waals surface area contributed by atoms with Crippen LogP contribution in [0.4, 0.5) is 32.0 Å². The number of hydrogen-bond donors (Lipinski definition) is 3. The average molecular weight is 668 g/mol. The predicted octanol–water partition coefficient (Wildman–Crippen LogP) is 7.90. The van der Waals surface area contributed by atoms with Gasteiger partial charge in [-0.25, -0.2) is 4.90 Å². The second-order valence-electron chi connectivity index (χ2n) is 12.4. The van der Waals surface area contributed by atoms with Crippen molar-refractivity contribution in [3.05, 3.63) is 74.9 Å². The van der Waals surface area contributed by atoms with Crippen molar-refractivity contribution < 1.29 is 51.3 Å². The first-order valence-corrected chi connectivity index (χ1v) is 15.6. The number of aliphatic hydroxyl groups is 2. The second-order valence-corrected chi connectivity index (χ2v) is 12.4. The lowest BCUT2D eigenvalue weighted by Crippen LogP contribution is -2.39. The Kier molecular flexibility index (Phi) is 10.7. The average Bonchev–Trinajstić information content (AvgIpc) is 3.25. The van der Waals surface area contributed by atoms with Gasteiger partial charge in [-0.15, -0.1) is 0 Å². The first-order chi connectivity index (χ1) is 21.9. The van der Waals surface area contributed by atoms with E-state index < -0.39 is 71.4 Å². The van der Waals surface area contributed by atoms with Gasteiger partial charge in [0, 0.05) is 5.92 Å². The fraction of sp³-hybridized carbons (Fsp3) is 0.486. The van der Waals surface area contributed by atoms with E-state index in [0.29, 0.717) is 41.0 Å². The molecule has 2 aliphatic rings. The molecule has 0 saturated carbocycles. The molecule has 2 aromatic carbocycles. The molecule has 1 aliphatic heterocycles. The standard InChI is InChI=1S/C35H39F6NO5/c1-5-7-20(12-21-10-18(3)31(45)19(4)11-21)8-9-28(44)29-22(6-2)13-26-30(27(29)17-43)33(47)42(32(26)46)25-15-23(34(36,37)38)14-24(16-25)35(39,40)41/h10-12,14-16,26-28,30,43-45H,5-9,13,17H2,1-4H3/b20-12+/t26-,27+,28-,30-/m1/s1. The highest BCUT2D eigenvalue weighted by atomic mass is 19.4. The number of phenolic OH excluding ortho intramolecular Hbond substituents is 1. The molecule has 2 aromatic rings. The van der Waals surface area contributed by atoms with E-state index in [2.05, 4.69) is 0 Å². The van der Waals surface area contributed by atoms with Gasteiger partial charge in [-0.2, -0.15) is 26.3 Å². The Bertz CT molecular complexity index is 1540. The van der Waals surface area contributed by atoms with E-state index in [4.69, 9.17) is 0 Å². The van der Waals surface area contributed by atoms with Crippen LogP contribution in [0.3, 0.4) is 0 Å². The first-order valence-electron chi connectivity index (χ1n) is 15.6. The summed E-state index contributed by atoms with van der Waals surface area (Å²) in [6.45, 7) is 6.71. The van der Waals surface area contributed by atoms with Crippen LogP contribution < -0.4 is 4.90 Å². The van der Waals surface area contributed by atoms with Crippen molar-refractivity contribution in [2.24, 2.45) is 17.8 Å². The van der Waals surface area contributed by atoms with Crippen LogP contribution >= 0.6 is 0 Å². The van der Waals surface area contributed by atoms with Gasteiger partial charge >= 0.3 is 12.4 Å². The minimum absolute atomic E-state index is 0.0278. The lowest BCUT2D eigenvalue weighted by molar-refractivity contribution is -0.143. The number of halogens is 6. The lowest BCUT2D eigenvalue weighted by Gasteiger charge is -2.36. The van der Waals surface area contributed by atoms with Gasteiger partial charge in [0.25, 0.3) is 0 Å². The van der Waals surface area contributed by atoms with Crippen LogP contribution in [0.1, 0.15) is 80.2 Å². The highest BCUT2D eigenvalue weighted by Crippen LogP contribution is 2.49. The molecule has 2 amide bonds. The number of benzene rings is 2. The molecule has 0 radical (unpaired) electrons. The van der Waals surface area contributed by atoms with E-state index in [1.54, 1.807) is 20.8 Å².